The Bertz CT molecular complexity index is 684. The van der Waals surface area contributed by atoms with Crippen molar-refractivity contribution >= 4 is 33.3 Å². The van der Waals surface area contributed by atoms with Crippen molar-refractivity contribution in [3.05, 3.63) is 58.1 Å². The Balaban J connectivity index is 2.01. The lowest BCUT2D eigenvalue weighted by atomic mass is 10.2. The standard InChI is InChI=1S/C15H12BrF3N2O/c1-9-8-12(6-7-13(9)16)21-14(22)20-11-4-2-10(3-5-11)15(17,18)19/h2-8H,1H3,(H2,20,21,22). The molecule has 0 saturated carbocycles. The third kappa shape index (κ3) is 4.24. The van der Waals surface area contributed by atoms with Gasteiger partial charge in [-0.1, -0.05) is 15.9 Å². The van der Waals surface area contributed by atoms with E-state index in [4.69, 9.17) is 0 Å². The number of carbonyl (C=O) groups excluding carboxylic acids is 1. The van der Waals surface area contributed by atoms with Gasteiger partial charge in [0.1, 0.15) is 0 Å². The van der Waals surface area contributed by atoms with E-state index in [1.165, 1.54) is 12.1 Å². The van der Waals surface area contributed by atoms with Crippen molar-refractivity contribution in [2.75, 3.05) is 10.6 Å². The number of benzene rings is 2. The molecular formula is C15H12BrF3N2O. The first-order valence-electron chi connectivity index (χ1n) is 6.27. The van der Waals surface area contributed by atoms with Crippen LogP contribution in [0.3, 0.4) is 0 Å². The van der Waals surface area contributed by atoms with Crippen LogP contribution in [0.25, 0.3) is 0 Å². The van der Waals surface area contributed by atoms with Crippen molar-refractivity contribution in [2.45, 2.75) is 13.1 Å². The molecule has 0 atom stereocenters. The normalized spacial score (nSPS) is 11.1. The summed E-state index contributed by atoms with van der Waals surface area (Å²) in [5.74, 6) is 0. The van der Waals surface area contributed by atoms with Gasteiger partial charge in [0.2, 0.25) is 0 Å². The number of alkyl halides is 3. The smallest absolute Gasteiger partial charge is 0.308 e. The molecule has 0 unspecified atom stereocenters. The molecule has 0 aromatic heterocycles. The topological polar surface area (TPSA) is 41.1 Å². The highest BCUT2D eigenvalue weighted by Crippen LogP contribution is 2.29. The van der Waals surface area contributed by atoms with E-state index in [1.54, 1.807) is 18.2 Å². The van der Waals surface area contributed by atoms with Crippen LogP contribution in [-0.4, -0.2) is 6.03 Å². The summed E-state index contributed by atoms with van der Waals surface area (Å²) >= 11 is 3.35. The molecule has 0 spiro atoms. The molecule has 2 amide bonds. The Morgan fingerprint density at radius 1 is 1.00 bits per heavy atom. The van der Waals surface area contributed by atoms with E-state index in [2.05, 4.69) is 26.6 Å². The zero-order chi connectivity index (χ0) is 16.3. The predicted octanol–water partition coefficient (Wildman–Crippen LogP) is 5.42. The molecule has 0 bridgehead atoms. The molecular weight excluding hydrogens is 361 g/mol. The summed E-state index contributed by atoms with van der Waals surface area (Å²) in [6.45, 7) is 1.88. The largest absolute Gasteiger partial charge is 0.416 e. The molecule has 7 heteroatoms. The van der Waals surface area contributed by atoms with Gasteiger partial charge in [-0.15, -0.1) is 0 Å². The lowest BCUT2D eigenvalue weighted by Crippen LogP contribution is -2.19. The van der Waals surface area contributed by atoms with Gasteiger partial charge in [0.15, 0.2) is 0 Å². The molecule has 0 aliphatic carbocycles. The van der Waals surface area contributed by atoms with Gasteiger partial charge in [-0.05, 0) is 55.0 Å². The van der Waals surface area contributed by atoms with Gasteiger partial charge in [-0.3, -0.25) is 0 Å². The second-order valence-electron chi connectivity index (χ2n) is 4.62. The lowest BCUT2D eigenvalue weighted by molar-refractivity contribution is -0.137. The van der Waals surface area contributed by atoms with Crippen LogP contribution in [0.4, 0.5) is 29.3 Å². The molecule has 2 aromatic carbocycles. The quantitative estimate of drug-likeness (QED) is 0.725. The monoisotopic (exact) mass is 372 g/mol. The highest BCUT2D eigenvalue weighted by molar-refractivity contribution is 9.10. The van der Waals surface area contributed by atoms with Crippen molar-refractivity contribution in [3.63, 3.8) is 0 Å². The first kappa shape index (κ1) is 16.4. The Morgan fingerprint density at radius 2 is 1.55 bits per heavy atom. The van der Waals surface area contributed by atoms with Crippen LogP contribution >= 0.6 is 15.9 Å². The average molecular weight is 373 g/mol. The minimum Gasteiger partial charge on any atom is -0.308 e. The maximum absolute atomic E-state index is 12.4. The Kier molecular flexibility index (Phi) is 4.75. The van der Waals surface area contributed by atoms with Crippen LogP contribution in [0.2, 0.25) is 0 Å². The minimum atomic E-state index is -4.39. The van der Waals surface area contributed by atoms with E-state index in [-0.39, 0.29) is 5.69 Å². The SMILES string of the molecule is Cc1cc(NC(=O)Nc2ccc(C(F)(F)F)cc2)ccc1Br. The van der Waals surface area contributed by atoms with Crippen LogP contribution in [0, 0.1) is 6.92 Å². The van der Waals surface area contributed by atoms with E-state index < -0.39 is 17.8 Å². The molecule has 116 valence electrons. The van der Waals surface area contributed by atoms with Crippen LogP contribution in [0.1, 0.15) is 11.1 Å². The van der Waals surface area contributed by atoms with E-state index in [0.29, 0.717) is 5.69 Å². The highest BCUT2D eigenvalue weighted by Gasteiger charge is 2.29. The summed E-state index contributed by atoms with van der Waals surface area (Å²) in [4.78, 5) is 11.8. The number of aryl methyl sites for hydroxylation is 1. The predicted molar refractivity (Wildman–Crippen MR) is 83.0 cm³/mol. The lowest BCUT2D eigenvalue weighted by Gasteiger charge is -2.10. The van der Waals surface area contributed by atoms with Gasteiger partial charge < -0.3 is 10.6 Å². The number of hydrogen-bond donors (Lipinski definition) is 2. The van der Waals surface area contributed by atoms with Crippen LogP contribution in [-0.2, 0) is 6.18 Å². The third-order valence-corrected chi connectivity index (χ3v) is 3.78. The summed E-state index contributed by atoms with van der Waals surface area (Å²) in [6, 6.07) is 8.99. The first-order chi connectivity index (χ1) is 10.3. The summed E-state index contributed by atoms with van der Waals surface area (Å²) < 4.78 is 38.2. The first-order valence-corrected chi connectivity index (χ1v) is 7.06. The molecule has 2 rings (SSSR count). The Morgan fingerprint density at radius 3 is 2.09 bits per heavy atom. The molecule has 0 fully saturated rings. The molecule has 3 nitrogen and oxygen atoms in total. The Labute approximate surface area is 133 Å². The summed E-state index contributed by atoms with van der Waals surface area (Å²) in [5, 5.41) is 5.08. The summed E-state index contributed by atoms with van der Waals surface area (Å²) in [7, 11) is 0. The van der Waals surface area contributed by atoms with Gasteiger partial charge in [-0.2, -0.15) is 13.2 Å². The fourth-order valence-corrected chi connectivity index (χ4v) is 2.01. The van der Waals surface area contributed by atoms with E-state index in [0.717, 1.165) is 22.2 Å². The van der Waals surface area contributed by atoms with Gasteiger partial charge in [-0.25, -0.2) is 4.79 Å². The van der Waals surface area contributed by atoms with Crippen molar-refractivity contribution in [1.82, 2.24) is 0 Å². The fraction of sp³-hybridized carbons (Fsp3) is 0.133. The number of nitrogens with one attached hydrogen (secondary N) is 2. The van der Waals surface area contributed by atoms with Gasteiger partial charge in [0.05, 0.1) is 5.56 Å². The second kappa shape index (κ2) is 6.39. The molecule has 22 heavy (non-hydrogen) atoms. The molecule has 0 saturated heterocycles. The van der Waals surface area contributed by atoms with Crippen LogP contribution < -0.4 is 10.6 Å². The molecule has 2 aromatic rings. The zero-order valence-electron chi connectivity index (χ0n) is 11.5. The van der Waals surface area contributed by atoms with E-state index in [1.807, 2.05) is 6.92 Å². The summed E-state index contributed by atoms with van der Waals surface area (Å²) in [6.07, 6.45) is -4.39. The van der Waals surface area contributed by atoms with Crippen molar-refractivity contribution in [3.8, 4) is 0 Å². The molecule has 2 N–H and O–H groups in total. The van der Waals surface area contributed by atoms with Crippen molar-refractivity contribution in [2.24, 2.45) is 0 Å². The number of hydrogen-bond acceptors (Lipinski definition) is 1. The van der Waals surface area contributed by atoms with Gasteiger partial charge >= 0.3 is 12.2 Å². The number of rotatable bonds is 2. The van der Waals surface area contributed by atoms with Gasteiger partial charge in [0.25, 0.3) is 0 Å². The maximum Gasteiger partial charge on any atom is 0.416 e. The minimum absolute atomic E-state index is 0.277. The van der Waals surface area contributed by atoms with Crippen molar-refractivity contribution in [1.29, 1.82) is 0 Å². The molecule has 0 aliphatic heterocycles. The van der Waals surface area contributed by atoms with E-state index in [9.17, 15) is 18.0 Å². The zero-order valence-corrected chi connectivity index (χ0v) is 13.0. The number of urea groups is 1. The maximum atomic E-state index is 12.4. The fourth-order valence-electron chi connectivity index (χ4n) is 1.76. The van der Waals surface area contributed by atoms with Crippen molar-refractivity contribution < 1.29 is 18.0 Å². The Hall–Kier alpha value is -2.02. The van der Waals surface area contributed by atoms with Crippen LogP contribution in [0.15, 0.2) is 46.9 Å². The van der Waals surface area contributed by atoms with E-state index >= 15 is 0 Å². The third-order valence-electron chi connectivity index (χ3n) is 2.89. The molecule has 0 radical (unpaired) electrons. The summed E-state index contributed by atoms with van der Waals surface area (Å²) in [5.41, 5.74) is 1.05. The average Bonchev–Trinajstić information content (AvgIpc) is 2.42. The van der Waals surface area contributed by atoms with Crippen LogP contribution in [0.5, 0.6) is 0 Å². The van der Waals surface area contributed by atoms with Gasteiger partial charge in [0, 0.05) is 15.8 Å². The number of halogens is 4. The molecule has 0 heterocycles. The highest BCUT2D eigenvalue weighted by atomic mass is 79.9. The number of anilines is 2. The number of carbonyl (C=O) groups is 1. The second-order valence-corrected chi connectivity index (χ2v) is 5.47. The number of amides is 2. The molecule has 0 aliphatic rings.